The zero-order chi connectivity index (χ0) is 22.8. The minimum atomic E-state index is -4.73. The fraction of sp³-hybridized carbons (Fsp3) is 0.350. The molecule has 0 fully saturated rings. The van der Waals surface area contributed by atoms with Crippen LogP contribution < -0.4 is 10.1 Å². The maximum atomic E-state index is 12.3. The van der Waals surface area contributed by atoms with Crippen LogP contribution in [0.15, 0.2) is 49.1 Å². The Bertz CT molecular complexity index is 966. The molecule has 0 amide bonds. The lowest BCUT2D eigenvalue weighted by Crippen LogP contribution is -2.16. The van der Waals surface area contributed by atoms with Gasteiger partial charge in [-0.05, 0) is 24.3 Å². The largest absolute Gasteiger partial charge is 0.573 e. The molecule has 12 heteroatoms. The molecule has 1 aromatic carbocycles. The predicted octanol–water partition coefficient (Wildman–Crippen LogP) is 3.01. The molecule has 2 heterocycles. The van der Waals surface area contributed by atoms with Crippen LogP contribution in [-0.4, -0.2) is 64.3 Å². The Morgan fingerprint density at radius 3 is 2.47 bits per heavy atom. The first-order valence-corrected chi connectivity index (χ1v) is 9.67. The molecular formula is C20H22F3N5O4. The molecule has 0 bridgehead atoms. The molecule has 3 rings (SSSR count). The first-order valence-electron chi connectivity index (χ1n) is 9.67. The lowest BCUT2D eigenvalue weighted by molar-refractivity contribution is -0.274. The Morgan fingerprint density at radius 1 is 1.00 bits per heavy atom. The van der Waals surface area contributed by atoms with Crippen LogP contribution in [0.1, 0.15) is 0 Å². The van der Waals surface area contributed by atoms with Crippen molar-refractivity contribution in [3.05, 3.63) is 49.1 Å². The van der Waals surface area contributed by atoms with E-state index in [2.05, 4.69) is 25.1 Å². The quantitative estimate of drug-likeness (QED) is 0.404. The number of aliphatic hydroxyl groups is 1. The number of ether oxygens (including phenoxy) is 3. The highest BCUT2D eigenvalue weighted by Crippen LogP contribution is 2.25. The van der Waals surface area contributed by atoms with E-state index >= 15 is 0 Å². The van der Waals surface area contributed by atoms with E-state index in [4.69, 9.17) is 14.6 Å². The van der Waals surface area contributed by atoms with Gasteiger partial charge in [0.15, 0.2) is 0 Å². The van der Waals surface area contributed by atoms with E-state index in [9.17, 15) is 13.2 Å². The summed E-state index contributed by atoms with van der Waals surface area (Å²) in [6, 6.07) is 7.04. The fourth-order valence-corrected chi connectivity index (χ4v) is 2.63. The highest BCUT2D eigenvalue weighted by atomic mass is 19.4. The van der Waals surface area contributed by atoms with Crippen LogP contribution in [0, 0.1) is 0 Å². The van der Waals surface area contributed by atoms with E-state index in [1.165, 1.54) is 30.6 Å². The van der Waals surface area contributed by atoms with Crippen LogP contribution in [0.3, 0.4) is 0 Å². The Kier molecular flexibility index (Phi) is 8.36. The molecule has 2 aromatic heterocycles. The average molecular weight is 453 g/mol. The van der Waals surface area contributed by atoms with Crippen LogP contribution in [0.25, 0.3) is 11.3 Å². The number of hydrogen-bond donors (Lipinski definition) is 2. The molecule has 0 unspecified atom stereocenters. The molecule has 0 aliphatic heterocycles. The molecular weight excluding hydrogens is 431 g/mol. The topological polar surface area (TPSA) is 104 Å². The van der Waals surface area contributed by atoms with Crippen LogP contribution in [-0.2, 0) is 16.0 Å². The molecule has 172 valence electrons. The molecule has 0 spiro atoms. The van der Waals surface area contributed by atoms with Crippen LogP contribution in [0.5, 0.6) is 5.75 Å². The van der Waals surface area contributed by atoms with Gasteiger partial charge in [-0.2, -0.15) is 5.10 Å². The predicted molar refractivity (Wildman–Crippen MR) is 108 cm³/mol. The second kappa shape index (κ2) is 11.4. The number of alkyl halides is 3. The van der Waals surface area contributed by atoms with Gasteiger partial charge in [0.05, 0.1) is 51.5 Å². The van der Waals surface area contributed by atoms with Crippen molar-refractivity contribution in [2.24, 2.45) is 0 Å². The lowest BCUT2D eigenvalue weighted by atomic mass is 10.2. The second-order valence-electron chi connectivity index (χ2n) is 6.43. The molecule has 9 nitrogen and oxygen atoms in total. The maximum Gasteiger partial charge on any atom is 0.573 e. The van der Waals surface area contributed by atoms with E-state index in [0.717, 1.165) is 5.56 Å². The van der Waals surface area contributed by atoms with Crippen molar-refractivity contribution in [1.82, 2.24) is 19.7 Å². The fourth-order valence-electron chi connectivity index (χ4n) is 2.63. The average Bonchev–Trinajstić information content (AvgIpc) is 3.23. The third kappa shape index (κ3) is 7.80. The minimum Gasteiger partial charge on any atom is -0.406 e. The molecule has 0 radical (unpaired) electrons. The molecule has 32 heavy (non-hydrogen) atoms. The zero-order valence-electron chi connectivity index (χ0n) is 17.0. The minimum absolute atomic E-state index is 0.0143. The Morgan fingerprint density at radius 2 is 1.75 bits per heavy atom. The number of nitrogens with zero attached hydrogens (tertiary/aromatic N) is 4. The third-order valence-corrected chi connectivity index (χ3v) is 4.03. The summed E-state index contributed by atoms with van der Waals surface area (Å²) in [7, 11) is 0. The Hall–Kier alpha value is -3.22. The van der Waals surface area contributed by atoms with Gasteiger partial charge >= 0.3 is 6.36 Å². The van der Waals surface area contributed by atoms with Crippen molar-refractivity contribution >= 4 is 11.5 Å². The van der Waals surface area contributed by atoms with Gasteiger partial charge < -0.3 is 24.6 Å². The van der Waals surface area contributed by atoms with Gasteiger partial charge in [0.1, 0.15) is 17.9 Å². The second-order valence-corrected chi connectivity index (χ2v) is 6.43. The van der Waals surface area contributed by atoms with Crippen LogP contribution >= 0.6 is 0 Å². The summed E-state index contributed by atoms with van der Waals surface area (Å²) in [4.78, 5) is 8.37. The van der Waals surface area contributed by atoms with E-state index < -0.39 is 6.36 Å². The molecule has 0 aliphatic rings. The molecule has 0 aliphatic carbocycles. The molecule has 0 saturated carbocycles. The van der Waals surface area contributed by atoms with Crippen molar-refractivity contribution in [3.8, 4) is 17.0 Å². The Labute approximate surface area is 181 Å². The number of hydrogen-bond acceptors (Lipinski definition) is 8. The summed E-state index contributed by atoms with van der Waals surface area (Å²) in [6.07, 6.45) is 0.133. The molecule has 3 aromatic rings. The SMILES string of the molecule is OCCOCCOCCn1cc(-c2cc(Nc3ccc(OC(F)(F)F)cc3)ncn2)cn1. The van der Waals surface area contributed by atoms with Crippen LogP contribution in [0.2, 0.25) is 0 Å². The van der Waals surface area contributed by atoms with Gasteiger partial charge in [0.25, 0.3) is 0 Å². The van der Waals surface area contributed by atoms with Crippen molar-refractivity contribution < 1.29 is 32.5 Å². The van der Waals surface area contributed by atoms with Crippen molar-refractivity contribution in [3.63, 3.8) is 0 Å². The van der Waals surface area contributed by atoms with Gasteiger partial charge in [-0.15, -0.1) is 13.2 Å². The van der Waals surface area contributed by atoms with Gasteiger partial charge in [0.2, 0.25) is 0 Å². The van der Waals surface area contributed by atoms with Gasteiger partial charge in [-0.3, -0.25) is 4.68 Å². The lowest BCUT2D eigenvalue weighted by Gasteiger charge is -2.10. The maximum absolute atomic E-state index is 12.3. The molecule has 0 saturated heterocycles. The highest BCUT2D eigenvalue weighted by Gasteiger charge is 2.30. The van der Waals surface area contributed by atoms with E-state index in [1.807, 2.05) is 6.20 Å². The van der Waals surface area contributed by atoms with Gasteiger partial charge in [-0.1, -0.05) is 0 Å². The number of benzene rings is 1. The summed E-state index contributed by atoms with van der Waals surface area (Å²) in [6.45, 7) is 2.12. The van der Waals surface area contributed by atoms with E-state index in [0.29, 0.717) is 50.2 Å². The van der Waals surface area contributed by atoms with Crippen molar-refractivity contribution in [1.29, 1.82) is 0 Å². The first kappa shape index (κ1) is 23.4. The molecule has 2 N–H and O–H groups in total. The van der Waals surface area contributed by atoms with Crippen LogP contribution in [0.4, 0.5) is 24.7 Å². The summed E-state index contributed by atoms with van der Waals surface area (Å²) < 4.78 is 52.9. The number of aromatic nitrogens is 4. The highest BCUT2D eigenvalue weighted by molar-refractivity contribution is 5.64. The van der Waals surface area contributed by atoms with Gasteiger partial charge in [0, 0.05) is 23.5 Å². The number of rotatable bonds is 12. The molecule has 0 atom stereocenters. The van der Waals surface area contributed by atoms with Crippen molar-refractivity contribution in [2.75, 3.05) is 38.4 Å². The van der Waals surface area contributed by atoms with Crippen molar-refractivity contribution in [2.45, 2.75) is 12.9 Å². The summed E-state index contributed by atoms with van der Waals surface area (Å²) in [5.74, 6) is 0.166. The Balaban J connectivity index is 1.52. The van der Waals surface area contributed by atoms with E-state index in [-0.39, 0.29) is 12.4 Å². The monoisotopic (exact) mass is 453 g/mol. The summed E-state index contributed by atoms with van der Waals surface area (Å²) >= 11 is 0. The number of aliphatic hydroxyl groups excluding tert-OH is 1. The number of nitrogens with one attached hydrogen (secondary N) is 1. The summed E-state index contributed by atoms with van der Waals surface area (Å²) in [5.41, 5.74) is 1.94. The smallest absolute Gasteiger partial charge is 0.406 e. The number of halogens is 3. The van der Waals surface area contributed by atoms with E-state index in [1.54, 1.807) is 16.9 Å². The third-order valence-electron chi connectivity index (χ3n) is 4.03. The number of anilines is 2. The summed E-state index contributed by atoms with van der Waals surface area (Å²) in [5, 5.41) is 15.9. The van der Waals surface area contributed by atoms with Gasteiger partial charge in [-0.25, -0.2) is 9.97 Å². The standard InChI is InChI=1S/C20H22F3N5O4/c21-20(22,23)32-17-3-1-16(2-4-17)27-19-11-18(24-14-25-19)15-12-26-28(13-15)5-7-30-9-10-31-8-6-29/h1-4,11-14,29H,5-10H2,(H,24,25,27). The zero-order valence-corrected chi connectivity index (χ0v) is 17.0. The first-order chi connectivity index (χ1) is 15.4. The normalized spacial score (nSPS) is 11.5.